The molecule has 2 bridgehead atoms. The predicted molar refractivity (Wildman–Crippen MR) is 129 cm³/mol. The van der Waals surface area contributed by atoms with Crippen molar-refractivity contribution in [2.24, 2.45) is 56.2 Å². The van der Waals surface area contributed by atoms with E-state index in [0.29, 0.717) is 35.7 Å². The lowest BCUT2D eigenvalue weighted by atomic mass is 9.31. The van der Waals surface area contributed by atoms with Gasteiger partial charge in [-0.05, 0) is 109 Å². The zero-order valence-electron chi connectivity index (χ0n) is 22.2. The third-order valence-corrected chi connectivity index (χ3v) is 13.8. The van der Waals surface area contributed by atoms with E-state index >= 15 is 4.39 Å². The summed E-state index contributed by atoms with van der Waals surface area (Å²) in [5, 5.41) is 0. The Morgan fingerprint density at radius 3 is 2.24 bits per heavy atom. The number of alkyl halides is 1. The van der Waals surface area contributed by atoms with E-state index in [1.54, 1.807) is 0 Å². The van der Waals surface area contributed by atoms with E-state index in [4.69, 9.17) is 4.74 Å². The van der Waals surface area contributed by atoms with E-state index < -0.39 is 11.6 Å². The van der Waals surface area contributed by atoms with Gasteiger partial charge in [0, 0.05) is 5.41 Å². The van der Waals surface area contributed by atoms with Crippen molar-refractivity contribution in [3.63, 3.8) is 0 Å². The minimum Gasteiger partial charge on any atom is -0.377 e. The van der Waals surface area contributed by atoms with Crippen LogP contribution in [0.25, 0.3) is 0 Å². The van der Waals surface area contributed by atoms with Crippen LogP contribution in [0.5, 0.6) is 0 Å². The van der Waals surface area contributed by atoms with Crippen molar-refractivity contribution in [1.29, 1.82) is 0 Å². The first-order chi connectivity index (χ1) is 15.2. The summed E-state index contributed by atoms with van der Waals surface area (Å²) in [6.45, 7) is 17.6. The maximum Gasteiger partial charge on any atom is 0.172 e. The third-order valence-electron chi connectivity index (χ3n) is 13.8. The Balaban J connectivity index is 1.41. The van der Waals surface area contributed by atoms with Crippen LogP contribution >= 0.6 is 0 Å². The Labute approximate surface area is 201 Å². The molecule has 6 fully saturated rings. The number of hydrogen-bond acceptors (Lipinski definition) is 2. The van der Waals surface area contributed by atoms with Crippen LogP contribution < -0.4 is 0 Å². The maximum atomic E-state index is 15.3. The molecule has 5 aliphatic carbocycles. The number of hydrogen-bond donors (Lipinski definition) is 0. The smallest absolute Gasteiger partial charge is 0.172 e. The average molecular weight is 459 g/mol. The van der Waals surface area contributed by atoms with Gasteiger partial charge in [-0.3, -0.25) is 4.79 Å². The van der Waals surface area contributed by atoms with E-state index in [9.17, 15) is 4.79 Å². The first-order valence-corrected chi connectivity index (χ1v) is 14.0. The van der Waals surface area contributed by atoms with E-state index in [1.165, 1.54) is 44.9 Å². The van der Waals surface area contributed by atoms with Gasteiger partial charge >= 0.3 is 0 Å². The zero-order valence-corrected chi connectivity index (χ0v) is 22.2. The van der Waals surface area contributed by atoms with Gasteiger partial charge in [0.2, 0.25) is 0 Å². The fourth-order valence-corrected chi connectivity index (χ4v) is 11.9. The average Bonchev–Trinajstić information content (AvgIpc) is 3.06. The minimum atomic E-state index is -1.29. The number of halogens is 1. The molecule has 2 nitrogen and oxygen atoms in total. The highest BCUT2D eigenvalue weighted by Gasteiger charge is 2.73. The summed E-state index contributed by atoms with van der Waals surface area (Å²) < 4.78 is 21.9. The largest absolute Gasteiger partial charge is 0.377 e. The third kappa shape index (κ3) is 2.52. The minimum absolute atomic E-state index is 0.0751. The first-order valence-electron chi connectivity index (χ1n) is 14.0. The molecule has 186 valence electrons. The van der Waals surface area contributed by atoms with E-state index in [-0.39, 0.29) is 27.4 Å². The molecule has 0 spiro atoms. The second-order valence-corrected chi connectivity index (χ2v) is 15.5. The van der Waals surface area contributed by atoms with Crippen LogP contribution in [-0.4, -0.2) is 24.7 Å². The second-order valence-electron chi connectivity index (χ2n) is 15.5. The van der Waals surface area contributed by atoms with Gasteiger partial charge in [0.25, 0.3) is 0 Å². The molecule has 1 aliphatic heterocycles. The maximum absolute atomic E-state index is 15.3. The molecule has 10 atom stereocenters. The Morgan fingerprint density at radius 2 is 1.52 bits per heavy atom. The van der Waals surface area contributed by atoms with Crippen molar-refractivity contribution in [2.45, 2.75) is 119 Å². The van der Waals surface area contributed by atoms with Crippen LogP contribution in [0.4, 0.5) is 4.39 Å². The summed E-state index contributed by atoms with van der Waals surface area (Å²) in [6, 6.07) is 0. The van der Waals surface area contributed by atoms with E-state index in [1.807, 2.05) is 13.8 Å². The van der Waals surface area contributed by atoms with Gasteiger partial charge in [-0.25, -0.2) is 4.39 Å². The number of ketones is 1. The molecule has 0 aromatic heterocycles. The van der Waals surface area contributed by atoms with Crippen molar-refractivity contribution < 1.29 is 13.9 Å². The number of rotatable bonds is 0. The van der Waals surface area contributed by atoms with Gasteiger partial charge in [0.05, 0.1) is 12.7 Å². The van der Waals surface area contributed by atoms with Gasteiger partial charge in [-0.15, -0.1) is 0 Å². The molecule has 3 unspecified atom stereocenters. The standard InChI is InChI=1S/C30H47FO2/c1-25(2)12-14-30-15-13-28(6)18(22(30)24(25)33-17-30)8-9-21-27(5)16-19(31)23(32)26(3,4)20(27)10-11-29(21,28)7/h18-22,24H,8-17H2,1-7H3/t18-,19?,20+,21-,22?,24?,27+,28-,29-,30-/m1/s1. The molecular formula is C30H47FO2. The van der Waals surface area contributed by atoms with Gasteiger partial charge in [0.1, 0.15) is 0 Å². The van der Waals surface area contributed by atoms with E-state index in [0.717, 1.165) is 18.9 Å². The van der Waals surface area contributed by atoms with Crippen molar-refractivity contribution in [3.8, 4) is 0 Å². The van der Waals surface area contributed by atoms with Gasteiger partial charge in [0.15, 0.2) is 12.0 Å². The van der Waals surface area contributed by atoms with Gasteiger partial charge in [-0.1, -0.05) is 48.5 Å². The molecular weight excluding hydrogens is 411 g/mol. The highest BCUT2D eigenvalue weighted by Crippen LogP contribution is 2.77. The number of Topliss-reactive ketones (excluding diaryl/α,β-unsaturated/α-hetero) is 1. The summed E-state index contributed by atoms with van der Waals surface area (Å²) >= 11 is 0. The molecule has 33 heavy (non-hydrogen) atoms. The lowest BCUT2D eigenvalue weighted by Gasteiger charge is -2.73. The zero-order chi connectivity index (χ0) is 23.8. The highest BCUT2D eigenvalue weighted by molar-refractivity contribution is 5.89. The van der Waals surface area contributed by atoms with Crippen molar-refractivity contribution in [3.05, 3.63) is 0 Å². The Morgan fingerprint density at radius 1 is 0.818 bits per heavy atom. The molecule has 3 heteroatoms. The quantitative estimate of drug-likeness (QED) is 0.378. The Kier molecular flexibility index (Phi) is 4.50. The first kappa shape index (κ1) is 23.0. The molecule has 0 radical (unpaired) electrons. The molecule has 0 aromatic rings. The molecule has 0 aromatic carbocycles. The van der Waals surface area contributed by atoms with Crippen molar-refractivity contribution >= 4 is 5.78 Å². The molecule has 6 aliphatic rings. The summed E-state index contributed by atoms with van der Waals surface area (Å²) in [5.41, 5.74) is 0.586. The van der Waals surface area contributed by atoms with Gasteiger partial charge in [-0.2, -0.15) is 0 Å². The summed E-state index contributed by atoms with van der Waals surface area (Å²) in [6.07, 6.45) is 9.60. The molecule has 6 rings (SSSR count). The molecule has 0 N–H and O–H groups in total. The number of carbonyl (C=O) groups is 1. The second kappa shape index (κ2) is 6.46. The van der Waals surface area contributed by atoms with Crippen LogP contribution in [-0.2, 0) is 9.53 Å². The topological polar surface area (TPSA) is 26.3 Å². The SMILES string of the molecule is CC1(C)CC[C@]23CC[C@]4(C)[C@H](CC[C@@H]5[C@@]6(C)CC(F)C(=O)C(C)(C)[C@@H]6CC[C@]54C)C2C1OC3. The lowest BCUT2D eigenvalue weighted by Crippen LogP contribution is -2.68. The lowest BCUT2D eigenvalue weighted by molar-refractivity contribution is -0.243. The van der Waals surface area contributed by atoms with Crippen LogP contribution in [0, 0.1) is 56.2 Å². The van der Waals surface area contributed by atoms with Crippen LogP contribution in [0.15, 0.2) is 0 Å². The highest BCUT2D eigenvalue weighted by atomic mass is 19.1. The Bertz CT molecular complexity index is 879. The number of carbonyl (C=O) groups excluding carboxylic acids is 1. The fraction of sp³-hybridized carbons (Fsp3) is 0.967. The summed E-state index contributed by atoms with van der Waals surface area (Å²) in [7, 11) is 0. The van der Waals surface area contributed by atoms with Crippen LogP contribution in [0.2, 0.25) is 0 Å². The number of fused-ring (bicyclic) bond motifs is 5. The van der Waals surface area contributed by atoms with Crippen molar-refractivity contribution in [1.82, 2.24) is 0 Å². The molecule has 1 saturated heterocycles. The molecule has 5 saturated carbocycles. The Hall–Kier alpha value is -0.440. The molecule has 0 amide bonds. The van der Waals surface area contributed by atoms with Crippen LogP contribution in [0.1, 0.15) is 106 Å². The number of ether oxygens (including phenoxy) is 1. The normalized spacial score (nSPS) is 58.6. The fourth-order valence-electron chi connectivity index (χ4n) is 11.9. The van der Waals surface area contributed by atoms with Gasteiger partial charge < -0.3 is 4.74 Å². The van der Waals surface area contributed by atoms with Crippen LogP contribution in [0.3, 0.4) is 0 Å². The summed E-state index contributed by atoms with van der Waals surface area (Å²) in [5.74, 6) is 2.11. The predicted octanol–water partition coefficient (Wildman–Crippen LogP) is 7.39. The van der Waals surface area contributed by atoms with E-state index in [2.05, 4.69) is 34.6 Å². The monoisotopic (exact) mass is 458 g/mol. The van der Waals surface area contributed by atoms with Crippen molar-refractivity contribution in [2.75, 3.05) is 6.61 Å². The molecule has 1 heterocycles. The summed E-state index contributed by atoms with van der Waals surface area (Å²) in [4.78, 5) is 12.9.